The Kier molecular flexibility index (Phi) is 3.58. The number of halogens is 1. The number of hydrogen-bond acceptors (Lipinski definition) is 5. The highest BCUT2D eigenvalue weighted by molar-refractivity contribution is 7.17. The van der Waals surface area contributed by atoms with Crippen molar-refractivity contribution in [1.82, 2.24) is 14.9 Å². The van der Waals surface area contributed by atoms with Gasteiger partial charge in [-0.05, 0) is 35.5 Å². The number of fused-ring (bicyclic) bond motifs is 1. The standard InChI is InChI=1S/C13H13ClN4OS/c1-2-10(19)18-5-3-8(7-18)15-12-11-9(4-6-20-11)16-13(14)17-12/h2,4,6,8H,1,3,5,7H2,(H,15,16,17)/t8-/m1/s1. The molecule has 20 heavy (non-hydrogen) atoms. The first-order valence-corrected chi connectivity index (χ1v) is 7.52. The van der Waals surface area contributed by atoms with E-state index in [4.69, 9.17) is 11.6 Å². The number of amides is 1. The number of aromatic nitrogens is 2. The summed E-state index contributed by atoms with van der Waals surface area (Å²) in [4.78, 5) is 21.8. The summed E-state index contributed by atoms with van der Waals surface area (Å²) in [6, 6.07) is 2.09. The zero-order valence-electron chi connectivity index (χ0n) is 10.7. The number of thiophene rings is 1. The molecule has 104 valence electrons. The normalized spacial score (nSPS) is 18.4. The van der Waals surface area contributed by atoms with Crippen molar-refractivity contribution < 1.29 is 4.79 Å². The Hall–Kier alpha value is -1.66. The van der Waals surface area contributed by atoms with Crippen LogP contribution in [0.4, 0.5) is 5.82 Å². The molecule has 1 aliphatic rings. The Labute approximate surface area is 125 Å². The maximum Gasteiger partial charge on any atom is 0.246 e. The lowest BCUT2D eigenvalue weighted by atomic mass is 10.2. The number of nitrogens with one attached hydrogen (secondary N) is 1. The van der Waals surface area contributed by atoms with Crippen molar-refractivity contribution in [1.29, 1.82) is 0 Å². The molecule has 7 heteroatoms. The molecule has 0 saturated carbocycles. The molecule has 0 bridgehead atoms. The van der Waals surface area contributed by atoms with Crippen molar-refractivity contribution in [2.24, 2.45) is 0 Å². The molecular formula is C13H13ClN4OS. The van der Waals surface area contributed by atoms with Gasteiger partial charge in [0, 0.05) is 19.1 Å². The van der Waals surface area contributed by atoms with E-state index in [1.807, 2.05) is 11.4 Å². The monoisotopic (exact) mass is 308 g/mol. The van der Waals surface area contributed by atoms with E-state index in [1.54, 1.807) is 16.2 Å². The molecule has 3 rings (SSSR count). The van der Waals surface area contributed by atoms with Gasteiger partial charge in [0.25, 0.3) is 0 Å². The summed E-state index contributed by atoms with van der Waals surface area (Å²) >= 11 is 7.51. The quantitative estimate of drug-likeness (QED) is 0.699. The number of anilines is 1. The molecule has 1 fully saturated rings. The molecule has 0 radical (unpaired) electrons. The average Bonchev–Trinajstić information content (AvgIpc) is 3.06. The minimum Gasteiger partial charge on any atom is -0.364 e. The molecule has 3 heterocycles. The van der Waals surface area contributed by atoms with Gasteiger partial charge in [0.05, 0.1) is 10.2 Å². The molecule has 0 spiro atoms. The van der Waals surface area contributed by atoms with Gasteiger partial charge >= 0.3 is 0 Å². The molecule has 1 saturated heterocycles. The van der Waals surface area contributed by atoms with Gasteiger partial charge in [-0.1, -0.05) is 6.58 Å². The molecular weight excluding hydrogens is 296 g/mol. The second kappa shape index (κ2) is 5.38. The molecule has 1 aliphatic heterocycles. The van der Waals surface area contributed by atoms with Gasteiger partial charge in [0.1, 0.15) is 5.82 Å². The third-order valence-electron chi connectivity index (χ3n) is 3.29. The number of hydrogen-bond donors (Lipinski definition) is 1. The lowest BCUT2D eigenvalue weighted by molar-refractivity contribution is -0.125. The number of carbonyl (C=O) groups is 1. The summed E-state index contributed by atoms with van der Waals surface area (Å²) in [5.74, 6) is 0.712. The summed E-state index contributed by atoms with van der Waals surface area (Å²) in [5, 5.41) is 5.56. The maximum atomic E-state index is 11.6. The summed E-state index contributed by atoms with van der Waals surface area (Å²) in [6.07, 6.45) is 2.23. The van der Waals surface area contributed by atoms with Crippen LogP contribution in [0, 0.1) is 0 Å². The predicted molar refractivity (Wildman–Crippen MR) is 81.2 cm³/mol. The summed E-state index contributed by atoms with van der Waals surface area (Å²) in [7, 11) is 0. The highest BCUT2D eigenvalue weighted by Gasteiger charge is 2.25. The Morgan fingerprint density at radius 1 is 1.60 bits per heavy atom. The van der Waals surface area contributed by atoms with Crippen LogP contribution in [-0.4, -0.2) is 39.9 Å². The fourth-order valence-electron chi connectivity index (χ4n) is 2.33. The molecule has 0 aromatic carbocycles. The van der Waals surface area contributed by atoms with Crippen LogP contribution in [0.25, 0.3) is 10.2 Å². The van der Waals surface area contributed by atoms with Gasteiger partial charge in [0.15, 0.2) is 0 Å². The smallest absolute Gasteiger partial charge is 0.246 e. The van der Waals surface area contributed by atoms with Crippen LogP contribution in [0.3, 0.4) is 0 Å². The zero-order valence-corrected chi connectivity index (χ0v) is 12.2. The summed E-state index contributed by atoms with van der Waals surface area (Å²) < 4.78 is 0.989. The average molecular weight is 309 g/mol. The second-order valence-corrected chi connectivity index (χ2v) is 5.85. The SMILES string of the molecule is C=CC(=O)N1CC[C@@H](Nc2nc(Cl)nc3ccsc23)C1. The second-order valence-electron chi connectivity index (χ2n) is 4.59. The fourth-order valence-corrected chi connectivity index (χ4v) is 3.29. The lowest BCUT2D eigenvalue weighted by Gasteiger charge is -2.16. The van der Waals surface area contributed by atoms with Gasteiger partial charge in [0.2, 0.25) is 11.2 Å². The highest BCUT2D eigenvalue weighted by Crippen LogP contribution is 2.28. The molecule has 0 unspecified atom stereocenters. The summed E-state index contributed by atoms with van der Waals surface area (Å²) in [6.45, 7) is 4.89. The van der Waals surface area contributed by atoms with E-state index >= 15 is 0 Å². The Morgan fingerprint density at radius 3 is 3.25 bits per heavy atom. The van der Waals surface area contributed by atoms with Gasteiger partial charge in [-0.15, -0.1) is 11.3 Å². The van der Waals surface area contributed by atoms with E-state index in [0.29, 0.717) is 6.54 Å². The first kappa shape index (κ1) is 13.3. The van der Waals surface area contributed by atoms with Crippen molar-refractivity contribution in [2.45, 2.75) is 12.5 Å². The van der Waals surface area contributed by atoms with Crippen molar-refractivity contribution >= 4 is 44.9 Å². The Bertz CT molecular complexity index is 671. The van der Waals surface area contributed by atoms with Crippen LogP contribution in [-0.2, 0) is 4.79 Å². The minimum atomic E-state index is -0.0312. The van der Waals surface area contributed by atoms with E-state index in [2.05, 4.69) is 21.9 Å². The fraction of sp³-hybridized carbons (Fsp3) is 0.308. The zero-order chi connectivity index (χ0) is 14.1. The van der Waals surface area contributed by atoms with Crippen LogP contribution in [0.15, 0.2) is 24.1 Å². The topological polar surface area (TPSA) is 58.1 Å². The Morgan fingerprint density at radius 2 is 2.45 bits per heavy atom. The third-order valence-corrected chi connectivity index (χ3v) is 4.37. The van der Waals surface area contributed by atoms with Gasteiger partial charge in [-0.25, -0.2) is 4.98 Å². The summed E-state index contributed by atoms with van der Waals surface area (Å²) in [5.41, 5.74) is 0.842. The molecule has 2 aromatic heterocycles. The highest BCUT2D eigenvalue weighted by atomic mass is 35.5. The third kappa shape index (κ3) is 2.48. The predicted octanol–water partition coefficient (Wildman–Crippen LogP) is 2.54. The van der Waals surface area contributed by atoms with E-state index in [-0.39, 0.29) is 17.2 Å². The van der Waals surface area contributed by atoms with Crippen LogP contribution in [0.5, 0.6) is 0 Å². The van der Waals surface area contributed by atoms with Gasteiger partial charge < -0.3 is 10.2 Å². The van der Waals surface area contributed by atoms with Gasteiger partial charge in [-0.2, -0.15) is 4.98 Å². The van der Waals surface area contributed by atoms with Crippen molar-refractivity contribution in [2.75, 3.05) is 18.4 Å². The number of nitrogens with zero attached hydrogens (tertiary/aromatic N) is 3. The van der Waals surface area contributed by atoms with E-state index < -0.39 is 0 Å². The van der Waals surface area contributed by atoms with Crippen molar-refractivity contribution in [3.63, 3.8) is 0 Å². The maximum absolute atomic E-state index is 11.6. The molecule has 1 amide bonds. The first-order chi connectivity index (χ1) is 9.67. The molecule has 5 nitrogen and oxygen atoms in total. The lowest BCUT2D eigenvalue weighted by Crippen LogP contribution is -2.30. The van der Waals surface area contributed by atoms with Crippen LogP contribution >= 0.6 is 22.9 Å². The Balaban J connectivity index is 1.79. The number of rotatable bonds is 3. The van der Waals surface area contributed by atoms with Crippen LogP contribution < -0.4 is 5.32 Å². The molecule has 1 atom stereocenters. The van der Waals surface area contributed by atoms with E-state index in [9.17, 15) is 4.79 Å². The number of likely N-dealkylation sites (tertiary alicyclic amines) is 1. The van der Waals surface area contributed by atoms with Crippen LogP contribution in [0.1, 0.15) is 6.42 Å². The molecule has 0 aliphatic carbocycles. The first-order valence-electron chi connectivity index (χ1n) is 6.26. The number of carbonyl (C=O) groups excluding carboxylic acids is 1. The van der Waals surface area contributed by atoms with E-state index in [0.717, 1.165) is 29.0 Å². The molecule has 1 N–H and O–H groups in total. The van der Waals surface area contributed by atoms with Crippen LogP contribution in [0.2, 0.25) is 5.28 Å². The minimum absolute atomic E-state index is 0.0312. The van der Waals surface area contributed by atoms with Gasteiger partial charge in [-0.3, -0.25) is 4.79 Å². The molecule has 2 aromatic rings. The van der Waals surface area contributed by atoms with E-state index in [1.165, 1.54) is 6.08 Å². The van der Waals surface area contributed by atoms with Crippen molar-refractivity contribution in [3.05, 3.63) is 29.4 Å². The largest absolute Gasteiger partial charge is 0.364 e. The van der Waals surface area contributed by atoms with Crippen molar-refractivity contribution in [3.8, 4) is 0 Å².